The summed E-state index contributed by atoms with van der Waals surface area (Å²) in [6.07, 6.45) is 1.54. The van der Waals surface area contributed by atoms with Gasteiger partial charge in [0.2, 0.25) is 0 Å². The summed E-state index contributed by atoms with van der Waals surface area (Å²) in [6.45, 7) is 6.70. The lowest BCUT2D eigenvalue weighted by Crippen LogP contribution is -2.55. The van der Waals surface area contributed by atoms with Gasteiger partial charge in [0.15, 0.2) is 5.96 Å². The highest BCUT2D eigenvalue weighted by Gasteiger charge is 2.30. The minimum absolute atomic E-state index is 0. The number of benzene rings is 1. The van der Waals surface area contributed by atoms with Crippen LogP contribution in [-0.2, 0) is 16.1 Å². The molecule has 2 heterocycles. The lowest BCUT2D eigenvalue weighted by Gasteiger charge is -2.37. The SMILES string of the molecule is CCNC(=NCc1cccc(F)c1)N1CCN(C(=O)C2CCCO2)CC1.I. The Morgan fingerprint density at radius 3 is 2.67 bits per heavy atom. The Balaban J connectivity index is 0.00000261. The first-order valence-corrected chi connectivity index (χ1v) is 9.35. The second-order valence-corrected chi connectivity index (χ2v) is 6.61. The van der Waals surface area contributed by atoms with Crippen molar-refractivity contribution in [2.45, 2.75) is 32.4 Å². The summed E-state index contributed by atoms with van der Waals surface area (Å²) in [4.78, 5) is 21.1. The number of carbonyl (C=O) groups excluding carboxylic acids is 1. The van der Waals surface area contributed by atoms with Crippen molar-refractivity contribution < 1.29 is 13.9 Å². The molecule has 6 nitrogen and oxygen atoms in total. The third-order valence-corrected chi connectivity index (χ3v) is 4.73. The molecule has 1 aromatic rings. The molecule has 2 aliphatic heterocycles. The van der Waals surface area contributed by atoms with E-state index in [-0.39, 0.29) is 41.8 Å². The van der Waals surface area contributed by atoms with Crippen molar-refractivity contribution in [2.75, 3.05) is 39.3 Å². The highest BCUT2D eigenvalue weighted by atomic mass is 127. The zero-order valence-corrected chi connectivity index (χ0v) is 18.0. The van der Waals surface area contributed by atoms with Gasteiger partial charge >= 0.3 is 0 Å². The van der Waals surface area contributed by atoms with Gasteiger partial charge in [-0.2, -0.15) is 0 Å². The average Bonchev–Trinajstić information content (AvgIpc) is 3.19. The Labute approximate surface area is 177 Å². The molecule has 1 unspecified atom stereocenters. The number of hydrogen-bond donors (Lipinski definition) is 1. The normalized spacial score (nSPS) is 20.4. The van der Waals surface area contributed by atoms with Crippen LogP contribution >= 0.6 is 24.0 Å². The lowest BCUT2D eigenvalue weighted by atomic mass is 10.2. The molecule has 1 aromatic carbocycles. The summed E-state index contributed by atoms with van der Waals surface area (Å²) in [5.41, 5.74) is 0.840. The molecule has 8 heteroatoms. The summed E-state index contributed by atoms with van der Waals surface area (Å²) in [7, 11) is 0. The van der Waals surface area contributed by atoms with Crippen molar-refractivity contribution in [3.8, 4) is 0 Å². The monoisotopic (exact) mass is 490 g/mol. The van der Waals surface area contributed by atoms with Crippen LogP contribution < -0.4 is 5.32 Å². The molecule has 1 N–H and O–H groups in total. The molecular weight excluding hydrogens is 462 g/mol. The minimum atomic E-state index is -0.253. The molecule has 1 atom stereocenters. The van der Waals surface area contributed by atoms with Gasteiger partial charge in [-0.3, -0.25) is 4.79 Å². The molecule has 1 amide bonds. The molecule has 0 bridgehead atoms. The van der Waals surface area contributed by atoms with Crippen LogP contribution in [0.5, 0.6) is 0 Å². The molecule has 2 aliphatic rings. The van der Waals surface area contributed by atoms with Crippen molar-refractivity contribution in [2.24, 2.45) is 4.99 Å². The van der Waals surface area contributed by atoms with Gasteiger partial charge < -0.3 is 19.9 Å². The van der Waals surface area contributed by atoms with E-state index in [1.807, 2.05) is 17.9 Å². The highest BCUT2D eigenvalue weighted by molar-refractivity contribution is 14.0. The quantitative estimate of drug-likeness (QED) is 0.400. The zero-order valence-electron chi connectivity index (χ0n) is 15.7. The summed E-state index contributed by atoms with van der Waals surface area (Å²) in [6, 6.07) is 6.50. The largest absolute Gasteiger partial charge is 0.368 e. The number of halogens is 2. The number of aliphatic imine (C=N–C) groups is 1. The molecule has 27 heavy (non-hydrogen) atoms. The van der Waals surface area contributed by atoms with Gasteiger partial charge in [-0.05, 0) is 37.5 Å². The smallest absolute Gasteiger partial charge is 0.251 e. The first-order valence-electron chi connectivity index (χ1n) is 9.35. The van der Waals surface area contributed by atoms with Gasteiger partial charge in [-0.25, -0.2) is 9.38 Å². The maximum atomic E-state index is 13.3. The van der Waals surface area contributed by atoms with Crippen LogP contribution in [0.15, 0.2) is 29.3 Å². The van der Waals surface area contributed by atoms with Crippen LogP contribution in [0.1, 0.15) is 25.3 Å². The zero-order chi connectivity index (χ0) is 18.4. The van der Waals surface area contributed by atoms with E-state index in [1.165, 1.54) is 12.1 Å². The van der Waals surface area contributed by atoms with Crippen molar-refractivity contribution in [3.05, 3.63) is 35.6 Å². The molecule has 0 aromatic heterocycles. The van der Waals surface area contributed by atoms with E-state index in [2.05, 4.69) is 15.2 Å². The summed E-state index contributed by atoms with van der Waals surface area (Å²) >= 11 is 0. The number of carbonyl (C=O) groups is 1. The third kappa shape index (κ3) is 6.03. The Morgan fingerprint density at radius 1 is 1.30 bits per heavy atom. The molecule has 2 saturated heterocycles. The Morgan fingerprint density at radius 2 is 2.04 bits per heavy atom. The van der Waals surface area contributed by atoms with E-state index in [0.717, 1.165) is 44.0 Å². The van der Waals surface area contributed by atoms with E-state index in [1.54, 1.807) is 6.07 Å². The average molecular weight is 490 g/mol. The van der Waals surface area contributed by atoms with Gasteiger partial charge in [-0.1, -0.05) is 12.1 Å². The number of hydrogen-bond acceptors (Lipinski definition) is 3. The van der Waals surface area contributed by atoms with Crippen molar-refractivity contribution in [1.82, 2.24) is 15.1 Å². The van der Waals surface area contributed by atoms with Crippen LogP contribution in [-0.4, -0.2) is 67.1 Å². The maximum absolute atomic E-state index is 13.3. The number of nitrogens with one attached hydrogen (secondary N) is 1. The van der Waals surface area contributed by atoms with E-state index in [0.29, 0.717) is 26.2 Å². The van der Waals surface area contributed by atoms with E-state index in [9.17, 15) is 9.18 Å². The molecule has 150 valence electrons. The van der Waals surface area contributed by atoms with Crippen molar-refractivity contribution >= 4 is 35.8 Å². The van der Waals surface area contributed by atoms with E-state index in [4.69, 9.17) is 4.74 Å². The van der Waals surface area contributed by atoms with Crippen LogP contribution in [0.4, 0.5) is 4.39 Å². The molecule has 2 fully saturated rings. The molecule has 0 aliphatic carbocycles. The fraction of sp³-hybridized carbons (Fsp3) is 0.579. The number of rotatable bonds is 4. The highest BCUT2D eigenvalue weighted by Crippen LogP contribution is 2.16. The molecule has 0 radical (unpaired) electrons. The van der Waals surface area contributed by atoms with Gasteiger partial charge in [-0.15, -0.1) is 24.0 Å². The predicted octanol–water partition coefficient (Wildman–Crippen LogP) is 2.23. The number of guanidine groups is 1. The maximum Gasteiger partial charge on any atom is 0.251 e. The van der Waals surface area contributed by atoms with Crippen LogP contribution in [0.25, 0.3) is 0 Å². The van der Waals surface area contributed by atoms with Gasteiger partial charge in [0.1, 0.15) is 11.9 Å². The number of piperazine rings is 1. The van der Waals surface area contributed by atoms with Crippen LogP contribution in [0.3, 0.4) is 0 Å². The Bertz CT molecular complexity index is 644. The Hall–Kier alpha value is -1.42. The molecule has 3 rings (SSSR count). The van der Waals surface area contributed by atoms with E-state index >= 15 is 0 Å². The standard InChI is InChI=1S/C19H27FN4O2.HI/c1-2-21-19(22-14-15-5-3-6-16(20)13-15)24-10-8-23(9-11-24)18(25)17-7-4-12-26-17;/h3,5-6,13,17H,2,4,7-12,14H2,1H3,(H,21,22);1H. The number of nitrogens with zero attached hydrogens (tertiary/aromatic N) is 3. The summed E-state index contributed by atoms with van der Waals surface area (Å²) in [5.74, 6) is 0.675. The summed E-state index contributed by atoms with van der Waals surface area (Å²) in [5, 5.41) is 3.29. The van der Waals surface area contributed by atoms with Crippen LogP contribution in [0, 0.1) is 5.82 Å². The van der Waals surface area contributed by atoms with E-state index < -0.39 is 0 Å². The number of amides is 1. The fourth-order valence-electron chi connectivity index (χ4n) is 3.34. The summed E-state index contributed by atoms with van der Waals surface area (Å²) < 4.78 is 18.8. The third-order valence-electron chi connectivity index (χ3n) is 4.73. The van der Waals surface area contributed by atoms with Crippen molar-refractivity contribution in [3.63, 3.8) is 0 Å². The first kappa shape index (κ1) is 21.9. The Kier molecular flexibility index (Phi) is 8.75. The first-order chi connectivity index (χ1) is 12.7. The second kappa shape index (κ2) is 10.8. The number of ether oxygens (including phenoxy) is 1. The minimum Gasteiger partial charge on any atom is -0.368 e. The fourth-order valence-corrected chi connectivity index (χ4v) is 3.34. The molecular formula is C19H28FIN4O2. The van der Waals surface area contributed by atoms with Gasteiger partial charge in [0, 0.05) is 39.3 Å². The second-order valence-electron chi connectivity index (χ2n) is 6.61. The van der Waals surface area contributed by atoms with Crippen molar-refractivity contribution in [1.29, 1.82) is 0 Å². The van der Waals surface area contributed by atoms with Crippen LogP contribution in [0.2, 0.25) is 0 Å². The topological polar surface area (TPSA) is 57.2 Å². The van der Waals surface area contributed by atoms with Gasteiger partial charge in [0.25, 0.3) is 5.91 Å². The lowest BCUT2D eigenvalue weighted by molar-refractivity contribution is -0.142. The predicted molar refractivity (Wildman–Crippen MR) is 114 cm³/mol. The van der Waals surface area contributed by atoms with Gasteiger partial charge in [0.05, 0.1) is 6.54 Å². The molecule has 0 spiro atoms. The molecule has 0 saturated carbocycles.